The van der Waals surface area contributed by atoms with Crippen molar-refractivity contribution < 1.29 is 14.3 Å². The Balaban J connectivity index is 2.15. The molecule has 0 spiro atoms. The number of hydrazine groups is 1. The summed E-state index contributed by atoms with van der Waals surface area (Å²) in [6.07, 6.45) is 0.983. The van der Waals surface area contributed by atoms with E-state index in [0.29, 0.717) is 26.1 Å². The lowest BCUT2D eigenvalue weighted by Gasteiger charge is -2.33. The van der Waals surface area contributed by atoms with Crippen LogP contribution in [-0.2, 0) is 9.53 Å². The number of nitrogens with one attached hydrogen (secondary N) is 1. The number of nitrogens with two attached hydrogens (primary N) is 1. The zero-order chi connectivity index (χ0) is 13.4. The number of piperazine rings is 1. The molecule has 0 bridgehead atoms. The first-order valence-electron chi connectivity index (χ1n) is 6.31. The van der Waals surface area contributed by atoms with Crippen molar-refractivity contribution >= 4 is 12.0 Å². The van der Waals surface area contributed by atoms with Gasteiger partial charge in [0.05, 0.1) is 6.61 Å². The van der Waals surface area contributed by atoms with Crippen LogP contribution >= 0.6 is 0 Å². The van der Waals surface area contributed by atoms with Crippen molar-refractivity contribution in [1.29, 1.82) is 0 Å². The Bertz CT molecular complexity index is 277. The van der Waals surface area contributed by atoms with Crippen molar-refractivity contribution in [2.45, 2.75) is 19.8 Å². The fourth-order valence-electron chi connectivity index (χ4n) is 1.90. The fourth-order valence-corrected chi connectivity index (χ4v) is 1.90. The van der Waals surface area contributed by atoms with Crippen LogP contribution in [0.2, 0.25) is 0 Å². The molecule has 18 heavy (non-hydrogen) atoms. The predicted molar refractivity (Wildman–Crippen MR) is 66.6 cm³/mol. The van der Waals surface area contributed by atoms with E-state index in [1.165, 1.54) is 0 Å². The monoisotopic (exact) mass is 258 g/mol. The summed E-state index contributed by atoms with van der Waals surface area (Å²) in [5.41, 5.74) is 2.11. The summed E-state index contributed by atoms with van der Waals surface area (Å²) < 4.78 is 4.95. The highest BCUT2D eigenvalue weighted by Crippen LogP contribution is 2.05. The van der Waals surface area contributed by atoms with Gasteiger partial charge in [0, 0.05) is 32.6 Å². The van der Waals surface area contributed by atoms with Gasteiger partial charge in [0.1, 0.15) is 0 Å². The Labute approximate surface area is 107 Å². The largest absolute Gasteiger partial charge is 0.450 e. The lowest BCUT2D eigenvalue weighted by Crippen LogP contribution is -2.49. The van der Waals surface area contributed by atoms with Gasteiger partial charge in [0.15, 0.2) is 0 Å². The van der Waals surface area contributed by atoms with E-state index in [1.54, 1.807) is 11.8 Å². The molecule has 1 aliphatic heterocycles. The maximum atomic E-state index is 11.5. The molecule has 1 aliphatic rings. The normalized spacial score (nSPS) is 16.4. The topological polar surface area (TPSA) is 87.9 Å². The Morgan fingerprint density at radius 1 is 1.28 bits per heavy atom. The highest BCUT2D eigenvalue weighted by Gasteiger charge is 2.21. The molecule has 1 heterocycles. The molecule has 0 aromatic carbocycles. The van der Waals surface area contributed by atoms with E-state index in [0.717, 1.165) is 26.1 Å². The molecule has 1 fully saturated rings. The standard InChI is InChI=1S/C11H22N4O3/c1-2-18-11(17)15-8-6-14(7-9-15)5-3-4-10(16)13-12/h2-9,12H2,1H3,(H,13,16). The highest BCUT2D eigenvalue weighted by molar-refractivity contribution is 5.75. The molecule has 0 radical (unpaired) electrons. The van der Waals surface area contributed by atoms with Crippen LogP contribution in [0.5, 0.6) is 0 Å². The first-order valence-corrected chi connectivity index (χ1v) is 6.31. The molecule has 0 saturated carbocycles. The molecule has 1 rings (SSSR count). The molecule has 0 atom stereocenters. The van der Waals surface area contributed by atoms with Crippen molar-refractivity contribution in [3.05, 3.63) is 0 Å². The smallest absolute Gasteiger partial charge is 0.409 e. The first-order chi connectivity index (χ1) is 8.67. The average Bonchev–Trinajstić information content (AvgIpc) is 2.39. The summed E-state index contributed by atoms with van der Waals surface area (Å²) >= 11 is 0. The molecule has 2 amide bonds. The number of hydrogen-bond acceptors (Lipinski definition) is 5. The minimum atomic E-state index is -0.236. The average molecular weight is 258 g/mol. The second-order valence-corrected chi connectivity index (χ2v) is 4.20. The zero-order valence-electron chi connectivity index (χ0n) is 10.9. The van der Waals surface area contributed by atoms with Gasteiger partial charge in [-0.1, -0.05) is 0 Å². The van der Waals surface area contributed by atoms with Crippen LogP contribution in [0, 0.1) is 0 Å². The van der Waals surface area contributed by atoms with E-state index in [4.69, 9.17) is 10.6 Å². The Kier molecular flexibility index (Phi) is 6.45. The first kappa shape index (κ1) is 14.7. The Morgan fingerprint density at radius 3 is 2.50 bits per heavy atom. The summed E-state index contributed by atoms with van der Waals surface area (Å²) in [4.78, 5) is 26.4. The van der Waals surface area contributed by atoms with Gasteiger partial charge in [-0.15, -0.1) is 0 Å². The summed E-state index contributed by atoms with van der Waals surface area (Å²) in [5.74, 6) is 4.86. The van der Waals surface area contributed by atoms with Crippen molar-refractivity contribution in [1.82, 2.24) is 15.2 Å². The molecule has 3 N–H and O–H groups in total. The molecule has 0 aliphatic carbocycles. The van der Waals surface area contributed by atoms with Crippen molar-refractivity contribution in [2.24, 2.45) is 5.84 Å². The van der Waals surface area contributed by atoms with Gasteiger partial charge in [-0.2, -0.15) is 0 Å². The molecule has 0 aromatic rings. The molecule has 7 nitrogen and oxygen atoms in total. The van der Waals surface area contributed by atoms with Crippen LogP contribution in [0.15, 0.2) is 0 Å². The maximum absolute atomic E-state index is 11.5. The summed E-state index contributed by atoms with van der Waals surface area (Å²) in [6.45, 7) is 6.07. The fraction of sp³-hybridized carbons (Fsp3) is 0.818. The van der Waals surface area contributed by atoms with Gasteiger partial charge in [-0.3, -0.25) is 15.1 Å². The van der Waals surface area contributed by atoms with E-state index in [9.17, 15) is 9.59 Å². The number of nitrogens with zero attached hydrogens (tertiary/aromatic N) is 2. The zero-order valence-corrected chi connectivity index (χ0v) is 10.9. The van der Waals surface area contributed by atoms with Crippen LogP contribution in [0.1, 0.15) is 19.8 Å². The third-order valence-electron chi connectivity index (χ3n) is 2.94. The van der Waals surface area contributed by atoms with Crippen LogP contribution in [0.3, 0.4) is 0 Å². The molecule has 0 unspecified atom stereocenters. The van der Waals surface area contributed by atoms with Crippen molar-refractivity contribution in [3.8, 4) is 0 Å². The quantitative estimate of drug-likeness (QED) is 0.395. The van der Waals surface area contributed by atoms with E-state index in [-0.39, 0.29) is 12.0 Å². The van der Waals surface area contributed by atoms with Crippen LogP contribution < -0.4 is 11.3 Å². The third-order valence-corrected chi connectivity index (χ3v) is 2.94. The van der Waals surface area contributed by atoms with Gasteiger partial charge in [-0.25, -0.2) is 10.6 Å². The van der Waals surface area contributed by atoms with E-state index in [1.807, 2.05) is 0 Å². The summed E-state index contributed by atoms with van der Waals surface area (Å²) in [7, 11) is 0. The number of carbonyl (C=O) groups is 2. The lowest BCUT2D eigenvalue weighted by atomic mass is 10.2. The minimum absolute atomic E-state index is 0.139. The molecular weight excluding hydrogens is 236 g/mol. The molecule has 0 aromatic heterocycles. The van der Waals surface area contributed by atoms with Crippen LogP contribution in [0.4, 0.5) is 4.79 Å². The number of carbonyl (C=O) groups excluding carboxylic acids is 2. The van der Waals surface area contributed by atoms with Gasteiger partial charge in [-0.05, 0) is 19.9 Å². The lowest BCUT2D eigenvalue weighted by molar-refractivity contribution is -0.121. The molecule has 1 saturated heterocycles. The van der Waals surface area contributed by atoms with E-state index >= 15 is 0 Å². The summed E-state index contributed by atoms with van der Waals surface area (Å²) in [5, 5.41) is 0. The molecule has 104 valence electrons. The van der Waals surface area contributed by atoms with Crippen molar-refractivity contribution in [2.75, 3.05) is 39.3 Å². The van der Waals surface area contributed by atoms with Gasteiger partial charge in [0.25, 0.3) is 0 Å². The summed E-state index contributed by atoms with van der Waals surface area (Å²) in [6, 6.07) is 0. The van der Waals surface area contributed by atoms with Crippen molar-refractivity contribution in [3.63, 3.8) is 0 Å². The van der Waals surface area contributed by atoms with Crippen LogP contribution in [0.25, 0.3) is 0 Å². The van der Waals surface area contributed by atoms with Crippen LogP contribution in [-0.4, -0.2) is 61.1 Å². The Hall–Kier alpha value is -1.34. The number of rotatable bonds is 5. The molecular formula is C11H22N4O3. The van der Waals surface area contributed by atoms with E-state index in [2.05, 4.69) is 10.3 Å². The third kappa shape index (κ3) is 4.89. The number of amides is 2. The maximum Gasteiger partial charge on any atom is 0.409 e. The van der Waals surface area contributed by atoms with E-state index < -0.39 is 0 Å². The number of ether oxygens (including phenoxy) is 1. The second-order valence-electron chi connectivity index (χ2n) is 4.20. The van der Waals surface area contributed by atoms with Gasteiger partial charge in [0.2, 0.25) is 5.91 Å². The SMILES string of the molecule is CCOC(=O)N1CCN(CCCC(=O)NN)CC1. The number of hydrogen-bond donors (Lipinski definition) is 2. The molecule has 7 heteroatoms. The highest BCUT2D eigenvalue weighted by atomic mass is 16.6. The van der Waals surface area contributed by atoms with Gasteiger partial charge < -0.3 is 9.64 Å². The minimum Gasteiger partial charge on any atom is -0.450 e. The Morgan fingerprint density at radius 2 is 1.94 bits per heavy atom. The second kappa shape index (κ2) is 7.88. The predicted octanol–water partition coefficient (Wildman–Crippen LogP) is -0.469. The van der Waals surface area contributed by atoms with Gasteiger partial charge >= 0.3 is 6.09 Å².